The van der Waals surface area contributed by atoms with Crippen LogP contribution >= 0.6 is 15.9 Å². The van der Waals surface area contributed by atoms with E-state index in [1.54, 1.807) is 43.5 Å². The van der Waals surface area contributed by atoms with Gasteiger partial charge in [0.2, 0.25) is 5.91 Å². The van der Waals surface area contributed by atoms with E-state index >= 15 is 0 Å². The van der Waals surface area contributed by atoms with Crippen LogP contribution in [0.2, 0.25) is 0 Å². The third kappa shape index (κ3) is 7.03. The van der Waals surface area contributed by atoms with Crippen molar-refractivity contribution in [2.45, 2.75) is 19.8 Å². The van der Waals surface area contributed by atoms with Crippen LogP contribution in [0, 0.1) is 6.92 Å². The molecule has 2 aromatic carbocycles. The van der Waals surface area contributed by atoms with Crippen LogP contribution < -0.4 is 15.4 Å². The zero-order valence-electron chi connectivity index (χ0n) is 15.6. The molecule has 2 rings (SSSR count). The lowest BCUT2D eigenvalue weighted by Gasteiger charge is -2.09. The molecule has 0 heterocycles. The molecular weight excluding hydrogens is 428 g/mol. The number of anilines is 2. The van der Waals surface area contributed by atoms with E-state index in [9.17, 15) is 14.4 Å². The summed E-state index contributed by atoms with van der Waals surface area (Å²) >= 11 is 3.35. The summed E-state index contributed by atoms with van der Waals surface area (Å²) in [6, 6.07) is 12.3. The molecule has 0 aromatic heterocycles. The fourth-order valence-electron chi connectivity index (χ4n) is 2.29. The zero-order valence-corrected chi connectivity index (χ0v) is 17.2. The Hall–Kier alpha value is -2.87. The van der Waals surface area contributed by atoms with Gasteiger partial charge in [-0.25, -0.2) is 0 Å². The van der Waals surface area contributed by atoms with Crippen LogP contribution in [-0.2, 0) is 19.1 Å². The van der Waals surface area contributed by atoms with Gasteiger partial charge in [0.05, 0.1) is 13.5 Å². The van der Waals surface area contributed by atoms with Crippen molar-refractivity contribution in [1.29, 1.82) is 0 Å². The minimum Gasteiger partial charge on any atom is -0.497 e. The van der Waals surface area contributed by atoms with Crippen LogP contribution in [0.25, 0.3) is 0 Å². The minimum atomic E-state index is -0.618. The minimum absolute atomic E-state index is 0.0434. The summed E-state index contributed by atoms with van der Waals surface area (Å²) in [5, 5.41) is 5.34. The molecule has 0 bridgehead atoms. The van der Waals surface area contributed by atoms with E-state index in [2.05, 4.69) is 26.6 Å². The number of esters is 1. The molecule has 0 saturated heterocycles. The number of hydrogen-bond donors (Lipinski definition) is 2. The number of benzene rings is 2. The second-order valence-corrected chi connectivity index (χ2v) is 6.86. The van der Waals surface area contributed by atoms with Gasteiger partial charge >= 0.3 is 5.97 Å². The number of amides is 2. The van der Waals surface area contributed by atoms with Gasteiger partial charge < -0.3 is 20.1 Å². The summed E-state index contributed by atoms with van der Waals surface area (Å²) in [6.07, 6.45) is -0.162. The van der Waals surface area contributed by atoms with Crippen molar-refractivity contribution in [2.24, 2.45) is 0 Å². The van der Waals surface area contributed by atoms with E-state index in [1.807, 2.05) is 13.0 Å². The van der Waals surface area contributed by atoms with Gasteiger partial charge in [0.15, 0.2) is 6.61 Å². The van der Waals surface area contributed by atoms with Gasteiger partial charge in [-0.05, 0) is 55.0 Å². The van der Waals surface area contributed by atoms with Crippen molar-refractivity contribution in [3.8, 4) is 5.75 Å². The lowest BCUT2D eigenvalue weighted by molar-refractivity contribution is -0.147. The van der Waals surface area contributed by atoms with Gasteiger partial charge in [-0.2, -0.15) is 0 Å². The highest BCUT2D eigenvalue weighted by molar-refractivity contribution is 9.10. The number of ether oxygens (including phenoxy) is 2. The first-order valence-electron chi connectivity index (χ1n) is 8.53. The van der Waals surface area contributed by atoms with E-state index in [1.165, 1.54) is 0 Å². The molecule has 0 aliphatic rings. The van der Waals surface area contributed by atoms with Crippen LogP contribution in [-0.4, -0.2) is 31.5 Å². The fourth-order valence-corrected chi connectivity index (χ4v) is 2.76. The van der Waals surface area contributed by atoms with Gasteiger partial charge in [-0.15, -0.1) is 0 Å². The second-order valence-electron chi connectivity index (χ2n) is 5.94. The van der Waals surface area contributed by atoms with Crippen molar-refractivity contribution in [2.75, 3.05) is 24.4 Å². The third-order valence-corrected chi connectivity index (χ3v) is 4.25. The van der Waals surface area contributed by atoms with Crippen LogP contribution in [0.5, 0.6) is 5.75 Å². The predicted octanol–water partition coefficient (Wildman–Crippen LogP) is 3.67. The third-order valence-electron chi connectivity index (χ3n) is 3.76. The predicted molar refractivity (Wildman–Crippen MR) is 109 cm³/mol. The van der Waals surface area contributed by atoms with Crippen molar-refractivity contribution in [3.63, 3.8) is 0 Å². The van der Waals surface area contributed by atoms with Gasteiger partial charge in [0, 0.05) is 22.3 Å². The normalized spacial score (nSPS) is 10.1. The molecule has 2 amide bonds. The summed E-state index contributed by atoms with van der Waals surface area (Å²) in [4.78, 5) is 35.5. The number of nitrogens with one attached hydrogen (secondary N) is 2. The topological polar surface area (TPSA) is 93.7 Å². The number of carbonyl (C=O) groups excluding carboxylic acids is 3. The molecule has 0 aliphatic heterocycles. The first-order valence-corrected chi connectivity index (χ1v) is 9.32. The summed E-state index contributed by atoms with van der Waals surface area (Å²) in [5.74, 6) is -0.704. The van der Waals surface area contributed by atoms with Crippen LogP contribution in [0.4, 0.5) is 11.4 Å². The van der Waals surface area contributed by atoms with Gasteiger partial charge in [-0.1, -0.05) is 15.9 Å². The largest absolute Gasteiger partial charge is 0.497 e. The molecule has 28 heavy (non-hydrogen) atoms. The molecule has 2 N–H and O–H groups in total. The molecule has 0 fully saturated rings. The quantitative estimate of drug-likeness (QED) is 0.600. The molecule has 0 atom stereocenters. The fraction of sp³-hybridized carbons (Fsp3) is 0.250. The van der Waals surface area contributed by atoms with E-state index in [0.29, 0.717) is 17.1 Å². The first-order chi connectivity index (χ1) is 13.4. The zero-order chi connectivity index (χ0) is 20.5. The molecular formula is C20H21BrN2O5. The number of halogens is 1. The molecule has 0 radical (unpaired) electrons. The Labute approximate surface area is 171 Å². The molecule has 0 saturated carbocycles. The average Bonchev–Trinajstić information content (AvgIpc) is 2.67. The Morgan fingerprint density at radius 1 is 0.964 bits per heavy atom. The van der Waals surface area contributed by atoms with Crippen LogP contribution in [0.3, 0.4) is 0 Å². The van der Waals surface area contributed by atoms with Crippen molar-refractivity contribution in [3.05, 3.63) is 52.5 Å². The van der Waals surface area contributed by atoms with Gasteiger partial charge in [0.25, 0.3) is 5.91 Å². The van der Waals surface area contributed by atoms with Crippen molar-refractivity contribution in [1.82, 2.24) is 0 Å². The monoisotopic (exact) mass is 448 g/mol. The first kappa shape index (κ1) is 21.4. The lowest BCUT2D eigenvalue weighted by atomic mass is 10.2. The summed E-state index contributed by atoms with van der Waals surface area (Å²) in [5.41, 5.74) is 2.12. The molecule has 0 aliphatic carbocycles. The van der Waals surface area contributed by atoms with E-state index in [4.69, 9.17) is 9.47 Å². The van der Waals surface area contributed by atoms with E-state index in [0.717, 1.165) is 10.0 Å². The van der Waals surface area contributed by atoms with Crippen molar-refractivity contribution >= 4 is 45.1 Å². The maximum Gasteiger partial charge on any atom is 0.306 e. The molecule has 7 nitrogen and oxygen atoms in total. The smallest absolute Gasteiger partial charge is 0.306 e. The SMILES string of the molecule is COc1ccc(NC(=O)CCC(=O)OCC(=O)Nc2ccc(Br)cc2C)cc1. The maximum atomic E-state index is 11.9. The molecule has 2 aromatic rings. The van der Waals surface area contributed by atoms with E-state index in [-0.39, 0.29) is 18.7 Å². The summed E-state index contributed by atoms with van der Waals surface area (Å²) in [7, 11) is 1.56. The number of methoxy groups -OCH3 is 1. The highest BCUT2D eigenvalue weighted by Gasteiger charge is 2.12. The molecule has 8 heteroatoms. The summed E-state index contributed by atoms with van der Waals surface area (Å²) in [6.45, 7) is 1.45. The van der Waals surface area contributed by atoms with Gasteiger partial charge in [0.1, 0.15) is 5.75 Å². The Morgan fingerprint density at radius 3 is 2.32 bits per heavy atom. The summed E-state index contributed by atoms with van der Waals surface area (Å²) < 4.78 is 10.9. The number of carbonyl (C=O) groups is 3. The number of aryl methyl sites for hydroxylation is 1. The highest BCUT2D eigenvalue weighted by Crippen LogP contribution is 2.20. The average molecular weight is 449 g/mol. The molecule has 0 spiro atoms. The maximum absolute atomic E-state index is 11.9. The molecule has 0 unspecified atom stereocenters. The Kier molecular flexibility index (Phi) is 8.01. The van der Waals surface area contributed by atoms with Gasteiger partial charge in [-0.3, -0.25) is 14.4 Å². The Bertz CT molecular complexity index is 852. The van der Waals surface area contributed by atoms with E-state index < -0.39 is 18.5 Å². The Morgan fingerprint density at radius 2 is 1.68 bits per heavy atom. The van der Waals surface area contributed by atoms with Crippen molar-refractivity contribution < 1.29 is 23.9 Å². The Balaban J connectivity index is 1.69. The number of hydrogen-bond acceptors (Lipinski definition) is 5. The van der Waals surface area contributed by atoms with Crippen LogP contribution in [0.15, 0.2) is 46.9 Å². The molecule has 148 valence electrons. The van der Waals surface area contributed by atoms with Crippen LogP contribution in [0.1, 0.15) is 18.4 Å². The second kappa shape index (κ2) is 10.5. The number of rotatable bonds is 8. The highest BCUT2D eigenvalue weighted by atomic mass is 79.9. The standard InChI is InChI=1S/C20H21BrN2O5/c1-13-11-14(21)3-8-17(13)23-19(25)12-28-20(26)10-9-18(24)22-15-4-6-16(27-2)7-5-15/h3-8,11H,9-10,12H2,1-2H3,(H,22,24)(H,23,25). The lowest BCUT2D eigenvalue weighted by Crippen LogP contribution is -2.22.